The number of rotatable bonds is 6. The van der Waals surface area contributed by atoms with E-state index in [-0.39, 0.29) is 17.2 Å². The molecule has 1 N–H and O–H groups in total. The number of benzene rings is 1. The van der Waals surface area contributed by atoms with Crippen molar-refractivity contribution < 1.29 is 4.79 Å². The van der Waals surface area contributed by atoms with Crippen LogP contribution in [0.4, 0.5) is 0 Å². The number of aryl methyl sites for hydroxylation is 2. The quantitative estimate of drug-likeness (QED) is 0.737. The average molecular weight is 399 g/mol. The smallest absolute Gasteiger partial charge is 0.233 e. The molecule has 2 aliphatic carbocycles. The lowest BCUT2D eigenvalue weighted by atomic mass is 9.84. The average Bonchev–Trinajstić information content (AvgIpc) is 3.39. The summed E-state index contributed by atoms with van der Waals surface area (Å²) in [6.07, 6.45) is 5.39. The van der Waals surface area contributed by atoms with Crippen molar-refractivity contribution in [2.75, 3.05) is 0 Å². The minimum atomic E-state index is -0.215. The predicted octanol–water partition coefficient (Wildman–Crippen LogP) is 4.31. The maximum Gasteiger partial charge on any atom is 0.233 e. The van der Waals surface area contributed by atoms with Crippen LogP contribution >= 0.6 is 11.8 Å². The van der Waals surface area contributed by atoms with Gasteiger partial charge in [0.15, 0.2) is 5.16 Å². The Morgan fingerprint density at radius 2 is 1.96 bits per heavy atom. The molecular weight excluding hydrogens is 368 g/mol. The van der Waals surface area contributed by atoms with Crippen LogP contribution in [0.1, 0.15) is 50.9 Å². The monoisotopic (exact) mass is 398 g/mol. The van der Waals surface area contributed by atoms with Gasteiger partial charge in [0.2, 0.25) is 5.91 Å². The highest BCUT2D eigenvalue weighted by atomic mass is 32.2. The summed E-state index contributed by atoms with van der Waals surface area (Å²) >= 11 is 1.48. The van der Waals surface area contributed by atoms with Gasteiger partial charge in [-0.2, -0.15) is 0 Å². The predicted molar refractivity (Wildman–Crippen MR) is 113 cm³/mol. The van der Waals surface area contributed by atoms with E-state index in [0.717, 1.165) is 34.1 Å². The normalized spacial score (nSPS) is 25.6. The van der Waals surface area contributed by atoms with Crippen molar-refractivity contribution in [2.24, 2.45) is 17.8 Å². The lowest BCUT2D eigenvalue weighted by Crippen LogP contribution is -2.43. The van der Waals surface area contributed by atoms with E-state index in [1.807, 2.05) is 30.5 Å². The standard InChI is InChI=1S/C22H30N4OS/c1-13-7-5-6-8-20(13)26-16(4)24-25-22(26)28-15(3)21(27)23-14(2)19-12-17-9-10-18(19)11-17/h5-8,14-15,17-19H,9-12H2,1-4H3,(H,23,27). The van der Waals surface area contributed by atoms with Gasteiger partial charge in [-0.25, -0.2) is 0 Å². The number of hydrogen-bond donors (Lipinski definition) is 1. The highest BCUT2D eigenvalue weighted by Crippen LogP contribution is 2.49. The van der Waals surface area contributed by atoms with Crippen molar-refractivity contribution in [3.05, 3.63) is 35.7 Å². The van der Waals surface area contributed by atoms with Crippen LogP contribution in [0.25, 0.3) is 5.69 Å². The summed E-state index contributed by atoms with van der Waals surface area (Å²) in [4.78, 5) is 12.9. The van der Waals surface area contributed by atoms with E-state index < -0.39 is 0 Å². The highest BCUT2D eigenvalue weighted by molar-refractivity contribution is 8.00. The summed E-state index contributed by atoms with van der Waals surface area (Å²) < 4.78 is 2.04. The van der Waals surface area contributed by atoms with Gasteiger partial charge >= 0.3 is 0 Å². The molecule has 5 nitrogen and oxygen atoms in total. The second-order valence-corrected chi connectivity index (χ2v) is 9.86. The molecule has 1 aromatic heterocycles. The number of nitrogens with zero attached hydrogens (tertiary/aromatic N) is 3. The fourth-order valence-electron chi connectivity index (χ4n) is 5.08. The first-order valence-electron chi connectivity index (χ1n) is 10.4. The van der Waals surface area contributed by atoms with Gasteiger partial charge in [-0.1, -0.05) is 36.4 Å². The van der Waals surface area contributed by atoms with E-state index in [0.29, 0.717) is 5.92 Å². The second-order valence-electron chi connectivity index (χ2n) is 8.55. The van der Waals surface area contributed by atoms with Gasteiger partial charge < -0.3 is 5.32 Å². The molecule has 5 atom stereocenters. The van der Waals surface area contributed by atoms with Crippen molar-refractivity contribution in [1.82, 2.24) is 20.1 Å². The Hall–Kier alpha value is -1.82. The number of hydrogen-bond acceptors (Lipinski definition) is 4. The zero-order chi connectivity index (χ0) is 19.8. The van der Waals surface area contributed by atoms with Crippen LogP contribution in [-0.2, 0) is 4.79 Å². The first kappa shape index (κ1) is 19.5. The van der Waals surface area contributed by atoms with Crippen LogP contribution < -0.4 is 5.32 Å². The summed E-state index contributed by atoms with van der Waals surface area (Å²) in [5.74, 6) is 3.29. The number of amides is 1. The Bertz CT molecular complexity index is 864. The topological polar surface area (TPSA) is 59.8 Å². The van der Waals surface area contributed by atoms with E-state index in [1.54, 1.807) is 0 Å². The van der Waals surface area contributed by atoms with Crippen LogP contribution in [0.2, 0.25) is 0 Å². The van der Waals surface area contributed by atoms with Gasteiger partial charge in [-0.15, -0.1) is 10.2 Å². The second kappa shape index (κ2) is 7.90. The maximum atomic E-state index is 12.9. The Balaban J connectivity index is 1.43. The van der Waals surface area contributed by atoms with Crippen LogP contribution in [0, 0.1) is 31.6 Å². The molecular formula is C22H30N4OS. The first-order valence-corrected chi connectivity index (χ1v) is 11.3. The molecule has 1 aromatic carbocycles. The van der Waals surface area contributed by atoms with Crippen molar-refractivity contribution in [1.29, 1.82) is 0 Å². The van der Waals surface area contributed by atoms with Crippen molar-refractivity contribution in [3.8, 4) is 5.69 Å². The summed E-state index contributed by atoms with van der Waals surface area (Å²) in [5, 5.41) is 12.4. The largest absolute Gasteiger partial charge is 0.352 e. The highest BCUT2D eigenvalue weighted by Gasteiger charge is 2.42. The summed E-state index contributed by atoms with van der Waals surface area (Å²) in [5.41, 5.74) is 2.23. The number of para-hydroxylation sites is 1. The van der Waals surface area contributed by atoms with Crippen LogP contribution in [0.3, 0.4) is 0 Å². The third kappa shape index (κ3) is 3.71. The fourth-order valence-corrected chi connectivity index (χ4v) is 5.99. The van der Waals surface area contributed by atoms with Crippen LogP contribution in [0.5, 0.6) is 0 Å². The Morgan fingerprint density at radius 3 is 2.64 bits per heavy atom. The molecule has 2 saturated carbocycles. The lowest BCUT2D eigenvalue weighted by Gasteiger charge is -2.29. The molecule has 150 valence electrons. The molecule has 1 heterocycles. The zero-order valence-electron chi connectivity index (χ0n) is 17.2. The number of carbonyl (C=O) groups is 1. The van der Waals surface area contributed by atoms with Crippen molar-refractivity contribution >= 4 is 17.7 Å². The molecule has 2 bridgehead atoms. The van der Waals surface area contributed by atoms with Crippen molar-refractivity contribution in [2.45, 2.75) is 69.8 Å². The molecule has 2 fully saturated rings. The van der Waals surface area contributed by atoms with Gasteiger partial charge in [0, 0.05) is 6.04 Å². The molecule has 6 heteroatoms. The summed E-state index contributed by atoms with van der Waals surface area (Å²) in [7, 11) is 0. The maximum absolute atomic E-state index is 12.9. The minimum Gasteiger partial charge on any atom is -0.352 e. The van der Waals surface area contributed by atoms with Crippen molar-refractivity contribution in [3.63, 3.8) is 0 Å². The van der Waals surface area contributed by atoms with E-state index >= 15 is 0 Å². The minimum absolute atomic E-state index is 0.0947. The van der Waals surface area contributed by atoms with Crippen LogP contribution in [-0.4, -0.2) is 32.0 Å². The molecule has 5 unspecified atom stereocenters. The molecule has 1 amide bonds. The molecule has 0 radical (unpaired) electrons. The molecule has 28 heavy (non-hydrogen) atoms. The third-order valence-corrected chi connectivity index (χ3v) is 7.65. The van der Waals surface area contributed by atoms with Gasteiger partial charge in [0.05, 0.1) is 10.9 Å². The Kier molecular flexibility index (Phi) is 5.50. The summed E-state index contributed by atoms with van der Waals surface area (Å²) in [6.45, 7) is 8.17. The molecule has 2 aliphatic rings. The van der Waals surface area contributed by atoms with E-state index in [2.05, 4.69) is 41.5 Å². The SMILES string of the molecule is Cc1ccccc1-n1c(C)nnc1SC(C)C(=O)NC(C)C1CC2CCC1C2. The fraction of sp³-hybridized carbons (Fsp3) is 0.591. The third-order valence-electron chi connectivity index (χ3n) is 6.61. The van der Waals surface area contributed by atoms with Gasteiger partial charge in [0.1, 0.15) is 5.82 Å². The first-order chi connectivity index (χ1) is 13.4. The molecule has 0 spiro atoms. The molecule has 4 rings (SSSR count). The van der Waals surface area contributed by atoms with Gasteiger partial charge in [0.25, 0.3) is 0 Å². The van der Waals surface area contributed by atoms with E-state index in [4.69, 9.17) is 0 Å². The number of carbonyl (C=O) groups excluding carboxylic acids is 1. The Labute approximate surface area is 171 Å². The number of aromatic nitrogens is 3. The molecule has 0 saturated heterocycles. The van der Waals surface area contributed by atoms with Gasteiger partial charge in [-0.3, -0.25) is 9.36 Å². The van der Waals surface area contributed by atoms with E-state index in [9.17, 15) is 4.79 Å². The molecule has 0 aliphatic heterocycles. The zero-order valence-corrected chi connectivity index (χ0v) is 18.0. The number of thioether (sulfide) groups is 1. The Morgan fingerprint density at radius 1 is 1.18 bits per heavy atom. The van der Waals surface area contributed by atoms with E-state index in [1.165, 1.54) is 37.4 Å². The van der Waals surface area contributed by atoms with Gasteiger partial charge in [-0.05, 0) is 76.3 Å². The number of fused-ring (bicyclic) bond motifs is 2. The molecule has 2 aromatic rings. The summed E-state index contributed by atoms with van der Waals surface area (Å²) in [6, 6.07) is 8.44. The number of nitrogens with one attached hydrogen (secondary N) is 1. The van der Waals surface area contributed by atoms with Crippen LogP contribution in [0.15, 0.2) is 29.4 Å². The lowest BCUT2D eigenvalue weighted by molar-refractivity contribution is -0.121.